The number of rotatable bonds is 5. The molecule has 0 aromatic carbocycles. The average molecular weight is 420 g/mol. The van der Waals surface area contributed by atoms with Gasteiger partial charge < -0.3 is 14.0 Å². The van der Waals surface area contributed by atoms with Gasteiger partial charge >= 0.3 is 0 Å². The van der Waals surface area contributed by atoms with Crippen molar-refractivity contribution in [2.45, 2.75) is 19.4 Å². The van der Waals surface area contributed by atoms with Crippen molar-refractivity contribution >= 4 is 23.2 Å². The van der Waals surface area contributed by atoms with Gasteiger partial charge in [-0.25, -0.2) is 4.98 Å². The number of ether oxygens (including phenoxy) is 1. The van der Waals surface area contributed by atoms with Crippen LogP contribution in [0.2, 0.25) is 5.02 Å². The van der Waals surface area contributed by atoms with Crippen molar-refractivity contribution in [3.63, 3.8) is 0 Å². The molecule has 0 N–H and O–H groups in total. The quantitative estimate of drug-likeness (QED) is 0.743. The van der Waals surface area contributed by atoms with Crippen LogP contribution in [0, 0.1) is 5.92 Å². The third-order valence-electron chi connectivity index (χ3n) is 5.89. The van der Waals surface area contributed by atoms with Gasteiger partial charge in [0.25, 0.3) is 5.91 Å². The largest absolute Gasteiger partial charge is 0.379 e. The molecular weight excluding hydrogens is 390 g/mol. The van der Waals surface area contributed by atoms with Gasteiger partial charge in [0.15, 0.2) is 5.69 Å². The van der Waals surface area contributed by atoms with E-state index in [1.807, 2.05) is 22.7 Å². The molecule has 2 aromatic heterocycles. The van der Waals surface area contributed by atoms with E-state index in [4.69, 9.17) is 16.3 Å². The zero-order valence-corrected chi connectivity index (χ0v) is 18.1. The average Bonchev–Trinajstić information content (AvgIpc) is 3.06. The number of hydrogen-bond donors (Lipinski definition) is 0. The number of morpholine rings is 1. The molecule has 4 heterocycles. The molecule has 0 saturated carbocycles. The van der Waals surface area contributed by atoms with Gasteiger partial charge in [0, 0.05) is 53.0 Å². The summed E-state index contributed by atoms with van der Waals surface area (Å²) < 4.78 is 7.45. The first-order chi connectivity index (χ1) is 14.0. The summed E-state index contributed by atoms with van der Waals surface area (Å²) in [5.41, 5.74) is 2.21. The smallest absolute Gasteiger partial charge is 0.273 e. The standard InChI is InChI=1S/C21H30ClN5O2/c1-24(2)21(28)20-18(27-14-17(22)5-6-19(27)23-20)15-26-7-3-4-16(13-26)12-25-8-10-29-11-9-25/h5-6,14,16H,3-4,7-13,15H2,1-2H3/t16-/m1/s1. The van der Waals surface area contributed by atoms with Crippen molar-refractivity contribution in [1.82, 2.24) is 24.1 Å². The number of fused-ring (bicyclic) bond motifs is 1. The maximum Gasteiger partial charge on any atom is 0.273 e. The zero-order valence-electron chi connectivity index (χ0n) is 17.3. The van der Waals surface area contributed by atoms with Crippen molar-refractivity contribution in [1.29, 1.82) is 0 Å². The number of nitrogens with zero attached hydrogens (tertiary/aromatic N) is 5. The summed E-state index contributed by atoms with van der Waals surface area (Å²) in [6, 6.07) is 3.69. The molecule has 2 aromatic rings. The Labute approximate surface area is 177 Å². The summed E-state index contributed by atoms with van der Waals surface area (Å²) in [6.45, 7) is 7.67. The van der Waals surface area contributed by atoms with Crippen molar-refractivity contribution in [2.75, 3.05) is 60.0 Å². The molecular formula is C21H30ClN5O2. The number of carbonyl (C=O) groups is 1. The third-order valence-corrected chi connectivity index (χ3v) is 6.11. The van der Waals surface area contributed by atoms with E-state index in [-0.39, 0.29) is 5.91 Å². The Morgan fingerprint density at radius 2 is 2.03 bits per heavy atom. The molecule has 7 nitrogen and oxygen atoms in total. The molecule has 0 radical (unpaired) electrons. The molecule has 8 heteroatoms. The van der Waals surface area contributed by atoms with E-state index in [0.29, 0.717) is 23.2 Å². The molecule has 2 fully saturated rings. The Morgan fingerprint density at radius 1 is 1.24 bits per heavy atom. The first-order valence-corrected chi connectivity index (χ1v) is 10.8. The van der Waals surface area contributed by atoms with E-state index < -0.39 is 0 Å². The summed E-state index contributed by atoms with van der Waals surface area (Å²) in [7, 11) is 3.53. The summed E-state index contributed by atoms with van der Waals surface area (Å²) in [4.78, 5) is 24.0. The summed E-state index contributed by atoms with van der Waals surface area (Å²) in [5, 5.41) is 0.642. The van der Waals surface area contributed by atoms with Crippen LogP contribution < -0.4 is 0 Å². The monoisotopic (exact) mass is 419 g/mol. The van der Waals surface area contributed by atoms with Crippen molar-refractivity contribution < 1.29 is 9.53 Å². The van der Waals surface area contributed by atoms with Crippen LogP contribution in [0.4, 0.5) is 0 Å². The highest BCUT2D eigenvalue weighted by Crippen LogP contribution is 2.23. The lowest BCUT2D eigenvalue weighted by atomic mass is 9.97. The molecule has 0 spiro atoms. The first kappa shape index (κ1) is 20.6. The van der Waals surface area contributed by atoms with E-state index in [0.717, 1.165) is 57.3 Å². The summed E-state index contributed by atoms with van der Waals surface area (Å²) in [5.74, 6) is 0.583. The first-order valence-electron chi connectivity index (χ1n) is 10.4. The minimum Gasteiger partial charge on any atom is -0.379 e. The number of hydrogen-bond acceptors (Lipinski definition) is 5. The minimum absolute atomic E-state index is 0.0679. The van der Waals surface area contributed by atoms with E-state index in [1.165, 1.54) is 12.8 Å². The highest BCUT2D eigenvalue weighted by Gasteiger charge is 2.27. The number of imidazole rings is 1. The van der Waals surface area contributed by atoms with Crippen molar-refractivity contribution in [2.24, 2.45) is 5.92 Å². The van der Waals surface area contributed by atoms with Gasteiger partial charge in [-0.2, -0.15) is 0 Å². The second-order valence-corrected chi connectivity index (χ2v) is 8.77. The lowest BCUT2D eigenvalue weighted by molar-refractivity contribution is 0.0223. The number of aromatic nitrogens is 2. The van der Waals surface area contributed by atoms with Gasteiger partial charge in [-0.1, -0.05) is 11.6 Å². The van der Waals surface area contributed by atoms with E-state index in [2.05, 4.69) is 14.8 Å². The van der Waals surface area contributed by atoms with Crippen LogP contribution in [-0.2, 0) is 11.3 Å². The van der Waals surface area contributed by atoms with E-state index >= 15 is 0 Å². The second kappa shape index (κ2) is 9.00. The number of piperidine rings is 1. The lowest BCUT2D eigenvalue weighted by Gasteiger charge is -2.36. The molecule has 4 rings (SSSR count). The fraction of sp³-hybridized carbons (Fsp3) is 0.619. The number of carbonyl (C=O) groups excluding carboxylic acids is 1. The molecule has 2 saturated heterocycles. The van der Waals surface area contributed by atoms with E-state index in [1.54, 1.807) is 19.0 Å². The van der Waals surface area contributed by atoms with Gasteiger partial charge in [-0.3, -0.25) is 14.6 Å². The van der Waals surface area contributed by atoms with Gasteiger partial charge in [-0.05, 0) is 37.4 Å². The number of likely N-dealkylation sites (tertiary alicyclic amines) is 1. The van der Waals surface area contributed by atoms with E-state index in [9.17, 15) is 4.79 Å². The predicted molar refractivity (Wildman–Crippen MR) is 113 cm³/mol. The third kappa shape index (κ3) is 4.74. The van der Waals surface area contributed by atoms with Crippen LogP contribution >= 0.6 is 11.6 Å². The lowest BCUT2D eigenvalue weighted by Crippen LogP contribution is -2.44. The Kier molecular flexibility index (Phi) is 6.39. The fourth-order valence-electron chi connectivity index (χ4n) is 4.41. The number of pyridine rings is 1. The molecule has 0 unspecified atom stereocenters. The predicted octanol–water partition coefficient (Wildman–Crippen LogP) is 2.23. The molecule has 0 aliphatic carbocycles. The van der Waals surface area contributed by atoms with Gasteiger partial charge in [0.1, 0.15) is 5.65 Å². The van der Waals surface area contributed by atoms with Gasteiger partial charge in [0.2, 0.25) is 0 Å². The topological polar surface area (TPSA) is 53.3 Å². The minimum atomic E-state index is -0.0679. The highest BCUT2D eigenvalue weighted by atomic mass is 35.5. The van der Waals surface area contributed by atoms with Gasteiger partial charge in [0.05, 0.1) is 23.9 Å². The van der Waals surface area contributed by atoms with Crippen LogP contribution in [0.3, 0.4) is 0 Å². The van der Waals surface area contributed by atoms with Gasteiger partial charge in [-0.15, -0.1) is 0 Å². The Bertz CT molecular complexity index is 862. The molecule has 2 aliphatic rings. The number of amides is 1. The normalized spacial score (nSPS) is 21.6. The van der Waals surface area contributed by atoms with Crippen LogP contribution in [0.5, 0.6) is 0 Å². The number of halogens is 1. The molecule has 2 aliphatic heterocycles. The van der Waals surface area contributed by atoms with Crippen molar-refractivity contribution in [3.05, 3.63) is 34.7 Å². The fourth-order valence-corrected chi connectivity index (χ4v) is 4.57. The second-order valence-electron chi connectivity index (χ2n) is 8.34. The van der Waals surface area contributed by atoms with Crippen LogP contribution in [-0.4, -0.2) is 90.0 Å². The molecule has 158 valence electrons. The van der Waals surface area contributed by atoms with Crippen LogP contribution in [0.25, 0.3) is 5.65 Å². The zero-order chi connectivity index (χ0) is 20.4. The highest BCUT2D eigenvalue weighted by molar-refractivity contribution is 6.30. The molecule has 29 heavy (non-hydrogen) atoms. The molecule has 1 amide bonds. The molecule has 0 bridgehead atoms. The summed E-state index contributed by atoms with van der Waals surface area (Å²) >= 11 is 6.24. The molecule has 1 atom stereocenters. The maximum atomic E-state index is 12.8. The summed E-state index contributed by atoms with van der Waals surface area (Å²) in [6.07, 6.45) is 4.31. The van der Waals surface area contributed by atoms with Crippen LogP contribution in [0.1, 0.15) is 29.0 Å². The Hall–Kier alpha value is -1.67. The maximum absolute atomic E-state index is 12.8. The SMILES string of the molecule is CN(C)C(=O)c1nc2ccc(Cl)cn2c1CN1CCC[C@H](CN2CCOCC2)C1. The Balaban J connectivity index is 1.53. The van der Waals surface area contributed by atoms with Crippen LogP contribution in [0.15, 0.2) is 18.3 Å². The van der Waals surface area contributed by atoms with Crippen molar-refractivity contribution in [3.8, 4) is 0 Å². The Morgan fingerprint density at radius 3 is 2.79 bits per heavy atom.